The van der Waals surface area contributed by atoms with E-state index in [-0.39, 0.29) is 12.5 Å². The molecule has 1 heterocycles. The molecule has 1 aromatic heterocycles. The Morgan fingerprint density at radius 2 is 2.25 bits per heavy atom. The van der Waals surface area contributed by atoms with Gasteiger partial charge in [0.05, 0.1) is 19.8 Å². The van der Waals surface area contributed by atoms with Crippen LogP contribution < -0.4 is 5.32 Å². The molecule has 1 amide bonds. The number of hydrogen-bond donors (Lipinski definition) is 1. The van der Waals surface area contributed by atoms with Crippen LogP contribution in [0.4, 0.5) is 0 Å². The van der Waals surface area contributed by atoms with Crippen molar-refractivity contribution in [3.63, 3.8) is 0 Å². The monoisotopic (exact) mass is 243 g/mol. The van der Waals surface area contributed by atoms with Crippen LogP contribution in [0.25, 0.3) is 0 Å². The summed E-state index contributed by atoms with van der Waals surface area (Å²) in [7, 11) is 1.60. The van der Waals surface area contributed by atoms with E-state index < -0.39 is 0 Å². The van der Waals surface area contributed by atoms with Gasteiger partial charge in [-0.25, -0.2) is 0 Å². The van der Waals surface area contributed by atoms with Crippen molar-refractivity contribution in [2.75, 3.05) is 26.9 Å². The highest BCUT2D eigenvalue weighted by Gasteiger charge is 2.02. The highest BCUT2D eigenvalue weighted by molar-refractivity contribution is 7.11. The third-order valence-electron chi connectivity index (χ3n) is 1.92. The molecule has 0 unspecified atom stereocenters. The Bertz CT molecular complexity index is 325. The van der Waals surface area contributed by atoms with Crippen LogP contribution in [0.15, 0.2) is 12.1 Å². The first-order valence-electron chi connectivity index (χ1n) is 5.11. The predicted octanol–water partition coefficient (Wildman–Crippen LogP) is 1.34. The summed E-state index contributed by atoms with van der Waals surface area (Å²) in [5, 5.41) is 2.79. The van der Waals surface area contributed by atoms with Gasteiger partial charge in [0, 0.05) is 16.9 Å². The van der Waals surface area contributed by atoms with Crippen molar-refractivity contribution in [3.8, 4) is 0 Å². The molecule has 1 rings (SSSR count). The molecule has 1 aromatic rings. The molecule has 0 saturated carbocycles. The maximum atomic E-state index is 11.3. The molecule has 90 valence electrons. The summed E-state index contributed by atoms with van der Waals surface area (Å²) in [6, 6.07) is 4.06. The Morgan fingerprint density at radius 1 is 1.44 bits per heavy atom. The van der Waals surface area contributed by atoms with Gasteiger partial charge in [0.15, 0.2) is 0 Å². The van der Waals surface area contributed by atoms with E-state index >= 15 is 0 Å². The number of nitrogens with one attached hydrogen (secondary N) is 1. The maximum absolute atomic E-state index is 11.3. The Hall–Kier alpha value is -0.910. The topological polar surface area (TPSA) is 47.6 Å². The van der Waals surface area contributed by atoms with Crippen molar-refractivity contribution in [3.05, 3.63) is 21.9 Å². The van der Waals surface area contributed by atoms with E-state index in [2.05, 4.69) is 5.32 Å². The summed E-state index contributed by atoms with van der Waals surface area (Å²) < 4.78 is 9.90. The van der Waals surface area contributed by atoms with Crippen LogP contribution in [0.1, 0.15) is 9.75 Å². The van der Waals surface area contributed by atoms with Crippen molar-refractivity contribution < 1.29 is 14.3 Å². The van der Waals surface area contributed by atoms with Crippen LogP contribution in [-0.4, -0.2) is 32.8 Å². The number of hydrogen-bond acceptors (Lipinski definition) is 4. The molecule has 16 heavy (non-hydrogen) atoms. The SMILES string of the molecule is COCCOCC(=O)NCc1ccc(C)s1. The van der Waals surface area contributed by atoms with Crippen LogP contribution in [0.2, 0.25) is 0 Å². The van der Waals surface area contributed by atoms with E-state index in [4.69, 9.17) is 9.47 Å². The molecular formula is C11H17NO3S. The summed E-state index contributed by atoms with van der Waals surface area (Å²) in [5.74, 6) is -0.0952. The number of amides is 1. The fraction of sp³-hybridized carbons (Fsp3) is 0.545. The fourth-order valence-electron chi connectivity index (χ4n) is 1.12. The average molecular weight is 243 g/mol. The minimum atomic E-state index is -0.0952. The third-order valence-corrected chi connectivity index (χ3v) is 2.92. The molecule has 0 aliphatic rings. The van der Waals surface area contributed by atoms with Crippen molar-refractivity contribution in [1.82, 2.24) is 5.32 Å². The number of rotatable bonds is 7. The van der Waals surface area contributed by atoms with Gasteiger partial charge in [0.25, 0.3) is 0 Å². The van der Waals surface area contributed by atoms with Gasteiger partial charge in [-0.2, -0.15) is 0 Å². The highest BCUT2D eigenvalue weighted by Crippen LogP contribution is 2.14. The zero-order valence-electron chi connectivity index (χ0n) is 9.62. The zero-order chi connectivity index (χ0) is 11.8. The van der Waals surface area contributed by atoms with Gasteiger partial charge in [0.1, 0.15) is 6.61 Å². The number of methoxy groups -OCH3 is 1. The lowest BCUT2D eigenvalue weighted by atomic mass is 10.4. The fourth-order valence-corrected chi connectivity index (χ4v) is 1.95. The number of carbonyl (C=O) groups excluding carboxylic acids is 1. The molecule has 0 aromatic carbocycles. The van der Waals surface area contributed by atoms with Gasteiger partial charge in [-0.05, 0) is 19.1 Å². The van der Waals surface area contributed by atoms with Crippen molar-refractivity contribution in [2.45, 2.75) is 13.5 Å². The highest BCUT2D eigenvalue weighted by atomic mass is 32.1. The molecule has 0 atom stereocenters. The molecule has 0 spiro atoms. The molecule has 0 bridgehead atoms. The number of thiophene rings is 1. The van der Waals surface area contributed by atoms with E-state index in [1.807, 2.05) is 19.1 Å². The second-order valence-corrected chi connectivity index (χ2v) is 4.71. The van der Waals surface area contributed by atoms with Gasteiger partial charge in [-0.15, -0.1) is 11.3 Å². The van der Waals surface area contributed by atoms with Crippen LogP contribution in [0.3, 0.4) is 0 Å². The third kappa shape index (κ3) is 5.25. The summed E-state index contributed by atoms with van der Waals surface area (Å²) >= 11 is 1.69. The number of aryl methyl sites for hydroxylation is 1. The second-order valence-electron chi connectivity index (χ2n) is 3.33. The lowest BCUT2D eigenvalue weighted by Crippen LogP contribution is -2.27. The summed E-state index contributed by atoms with van der Waals surface area (Å²) in [6.45, 7) is 3.67. The Labute approximate surface area is 99.6 Å². The minimum Gasteiger partial charge on any atom is -0.382 e. The molecule has 1 N–H and O–H groups in total. The first-order chi connectivity index (χ1) is 7.72. The molecule has 0 aliphatic carbocycles. The summed E-state index contributed by atoms with van der Waals surface area (Å²) in [4.78, 5) is 13.7. The van der Waals surface area contributed by atoms with Gasteiger partial charge < -0.3 is 14.8 Å². The second kappa shape index (κ2) is 7.38. The largest absolute Gasteiger partial charge is 0.382 e. The molecule has 0 fully saturated rings. The van der Waals surface area contributed by atoms with Crippen molar-refractivity contribution in [1.29, 1.82) is 0 Å². The van der Waals surface area contributed by atoms with E-state index in [0.29, 0.717) is 19.8 Å². The smallest absolute Gasteiger partial charge is 0.246 e. The quantitative estimate of drug-likeness (QED) is 0.735. The van der Waals surface area contributed by atoms with Gasteiger partial charge in [-0.1, -0.05) is 0 Å². The maximum Gasteiger partial charge on any atom is 0.246 e. The Balaban J connectivity index is 2.10. The van der Waals surface area contributed by atoms with E-state index in [1.165, 1.54) is 4.88 Å². The Kier molecular flexibility index (Phi) is 6.07. The van der Waals surface area contributed by atoms with E-state index in [9.17, 15) is 4.79 Å². The van der Waals surface area contributed by atoms with E-state index in [1.54, 1.807) is 18.4 Å². The Morgan fingerprint density at radius 3 is 2.88 bits per heavy atom. The predicted molar refractivity (Wildman–Crippen MR) is 63.6 cm³/mol. The minimum absolute atomic E-state index is 0.0910. The van der Waals surface area contributed by atoms with Gasteiger partial charge in [0.2, 0.25) is 5.91 Å². The first kappa shape index (κ1) is 13.2. The van der Waals surface area contributed by atoms with Crippen LogP contribution in [0.5, 0.6) is 0 Å². The summed E-state index contributed by atoms with van der Waals surface area (Å²) in [5.41, 5.74) is 0. The van der Waals surface area contributed by atoms with E-state index in [0.717, 1.165) is 4.88 Å². The molecule has 4 nitrogen and oxygen atoms in total. The normalized spacial score (nSPS) is 10.4. The standard InChI is InChI=1S/C11H17NO3S/c1-9-3-4-10(16-9)7-12-11(13)8-15-6-5-14-2/h3-4H,5-8H2,1-2H3,(H,12,13). The molecule has 0 radical (unpaired) electrons. The molecular weight excluding hydrogens is 226 g/mol. The first-order valence-corrected chi connectivity index (χ1v) is 5.92. The molecule has 0 saturated heterocycles. The lowest BCUT2D eigenvalue weighted by molar-refractivity contribution is -0.126. The molecule has 0 aliphatic heterocycles. The zero-order valence-corrected chi connectivity index (χ0v) is 10.4. The van der Waals surface area contributed by atoms with Gasteiger partial charge >= 0.3 is 0 Å². The van der Waals surface area contributed by atoms with Crippen LogP contribution >= 0.6 is 11.3 Å². The molecule has 5 heteroatoms. The average Bonchev–Trinajstić information content (AvgIpc) is 2.68. The van der Waals surface area contributed by atoms with Crippen LogP contribution in [0, 0.1) is 6.92 Å². The van der Waals surface area contributed by atoms with Crippen molar-refractivity contribution in [2.24, 2.45) is 0 Å². The lowest BCUT2D eigenvalue weighted by Gasteiger charge is -2.04. The number of carbonyl (C=O) groups is 1. The van der Waals surface area contributed by atoms with Crippen LogP contribution in [-0.2, 0) is 20.8 Å². The number of ether oxygens (including phenoxy) is 2. The van der Waals surface area contributed by atoms with Gasteiger partial charge in [-0.3, -0.25) is 4.79 Å². The van der Waals surface area contributed by atoms with Crippen molar-refractivity contribution >= 4 is 17.2 Å². The summed E-state index contributed by atoms with van der Waals surface area (Å²) in [6.07, 6.45) is 0.